The summed E-state index contributed by atoms with van der Waals surface area (Å²) in [6.45, 7) is 8.11. The van der Waals surface area contributed by atoms with Crippen molar-refractivity contribution < 1.29 is 4.74 Å². The molecule has 2 fully saturated rings. The molecule has 1 saturated heterocycles. The van der Waals surface area contributed by atoms with E-state index in [1.165, 1.54) is 64.6 Å². The highest BCUT2D eigenvalue weighted by atomic mass is 16.5. The van der Waals surface area contributed by atoms with E-state index < -0.39 is 0 Å². The summed E-state index contributed by atoms with van der Waals surface area (Å²) in [5.74, 6) is 1.71. The predicted molar refractivity (Wildman–Crippen MR) is 85.1 cm³/mol. The van der Waals surface area contributed by atoms with Gasteiger partial charge in [-0.25, -0.2) is 0 Å². The minimum atomic E-state index is 0.722. The molecule has 118 valence electrons. The molecule has 1 atom stereocenters. The molecular formula is C17H34N2O. The van der Waals surface area contributed by atoms with Crippen molar-refractivity contribution in [2.45, 2.75) is 57.9 Å². The van der Waals surface area contributed by atoms with E-state index in [4.69, 9.17) is 4.74 Å². The van der Waals surface area contributed by atoms with Crippen LogP contribution >= 0.6 is 0 Å². The zero-order valence-electron chi connectivity index (χ0n) is 13.6. The molecule has 2 rings (SSSR count). The van der Waals surface area contributed by atoms with Gasteiger partial charge >= 0.3 is 0 Å². The lowest BCUT2D eigenvalue weighted by molar-refractivity contribution is 0.0885. The molecule has 3 nitrogen and oxygen atoms in total. The molecule has 20 heavy (non-hydrogen) atoms. The molecule has 1 aliphatic carbocycles. The number of likely N-dealkylation sites (tertiary alicyclic amines) is 1. The SMILES string of the molecule is CCNC(CN1CCC(COC)CC1)C1CCCCC1. The standard InChI is InChI=1S/C17H34N2O/c1-3-18-17(16-7-5-4-6-8-16)13-19-11-9-15(10-12-19)14-20-2/h15-18H,3-14H2,1-2H3. The van der Waals surface area contributed by atoms with Gasteiger partial charge in [0.15, 0.2) is 0 Å². The van der Waals surface area contributed by atoms with Crippen LogP contribution in [-0.2, 0) is 4.74 Å². The van der Waals surface area contributed by atoms with Crippen LogP contribution in [-0.4, -0.2) is 50.8 Å². The molecule has 3 heteroatoms. The van der Waals surface area contributed by atoms with E-state index in [2.05, 4.69) is 17.1 Å². The molecule has 2 aliphatic rings. The Morgan fingerprint density at radius 3 is 2.40 bits per heavy atom. The fourth-order valence-electron chi connectivity index (χ4n) is 4.03. The summed E-state index contributed by atoms with van der Waals surface area (Å²) in [6, 6.07) is 0.722. The van der Waals surface area contributed by atoms with Gasteiger partial charge in [0.2, 0.25) is 0 Å². The Morgan fingerprint density at radius 2 is 1.80 bits per heavy atom. The van der Waals surface area contributed by atoms with Gasteiger partial charge in [0.05, 0.1) is 0 Å². The monoisotopic (exact) mass is 282 g/mol. The largest absolute Gasteiger partial charge is 0.384 e. The highest BCUT2D eigenvalue weighted by molar-refractivity contribution is 4.83. The van der Waals surface area contributed by atoms with Crippen LogP contribution in [0.1, 0.15) is 51.9 Å². The van der Waals surface area contributed by atoms with E-state index in [0.717, 1.165) is 31.0 Å². The third kappa shape index (κ3) is 5.01. The Morgan fingerprint density at radius 1 is 1.10 bits per heavy atom. The molecule has 1 unspecified atom stereocenters. The second-order valence-corrected chi connectivity index (χ2v) is 6.76. The van der Waals surface area contributed by atoms with Crippen LogP contribution in [0, 0.1) is 11.8 Å². The van der Waals surface area contributed by atoms with Crippen molar-refractivity contribution in [1.82, 2.24) is 10.2 Å². The fourth-order valence-corrected chi connectivity index (χ4v) is 4.03. The molecule has 1 saturated carbocycles. The highest BCUT2D eigenvalue weighted by Gasteiger charge is 2.27. The molecule has 1 aliphatic heterocycles. The maximum atomic E-state index is 5.30. The Hall–Kier alpha value is -0.120. The highest BCUT2D eigenvalue weighted by Crippen LogP contribution is 2.27. The smallest absolute Gasteiger partial charge is 0.0491 e. The van der Waals surface area contributed by atoms with Crippen molar-refractivity contribution >= 4 is 0 Å². The molecule has 0 aromatic heterocycles. The summed E-state index contributed by atoms with van der Waals surface area (Å²) in [4.78, 5) is 2.69. The minimum Gasteiger partial charge on any atom is -0.384 e. The first-order chi connectivity index (χ1) is 9.83. The van der Waals surface area contributed by atoms with Crippen LogP contribution in [0.15, 0.2) is 0 Å². The molecule has 0 spiro atoms. The van der Waals surface area contributed by atoms with E-state index >= 15 is 0 Å². The Labute approximate surface area is 125 Å². The Kier molecular flexibility index (Phi) is 7.32. The fraction of sp³-hybridized carbons (Fsp3) is 1.00. The lowest BCUT2D eigenvalue weighted by Gasteiger charge is -2.38. The van der Waals surface area contributed by atoms with Crippen LogP contribution in [0.25, 0.3) is 0 Å². The zero-order valence-corrected chi connectivity index (χ0v) is 13.6. The predicted octanol–water partition coefficient (Wildman–Crippen LogP) is 2.90. The van der Waals surface area contributed by atoms with E-state index in [9.17, 15) is 0 Å². The summed E-state index contributed by atoms with van der Waals surface area (Å²) < 4.78 is 5.30. The van der Waals surface area contributed by atoms with Gasteiger partial charge in [0.25, 0.3) is 0 Å². The topological polar surface area (TPSA) is 24.5 Å². The maximum absolute atomic E-state index is 5.30. The molecule has 0 aromatic carbocycles. The van der Waals surface area contributed by atoms with Crippen LogP contribution in [0.4, 0.5) is 0 Å². The number of hydrogen-bond donors (Lipinski definition) is 1. The first kappa shape index (κ1) is 16.3. The number of methoxy groups -OCH3 is 1. The van der Waals surface area contributed by atoms with Crippen LogP contribution in [0.2, 0.25) is 0 Å². The van der Waals surface area contributed by atoms with E-state index in [1.807, 2.05) is 7.11 Å². The summed E-state index contributed by atoms with van der Waals surface area (Å²) >= 11 is 0. The number of ether oxygens (including phenoxy) is 1. The zero-order chi connectivity index (χ0) is 14.2. The van der Waals surface area contributed by atoms with Gasteiger partial charge in [-0.3, -0.25) is 0 Å². The van der Waals surface area contributed by atoms with Crippen LogP contribution in [0.5, 0.6) is 0 Å². The van der Waals surface area contributed by atoms with Crippen LogP contribution in [0.3, 0.4) is 0 Å². The van der Waals surface area contributed by atoms with E-state index in [0.29, 0.717) is 0 Å². The van der Waals surface area contributed by atoms with E-state index in [1.54, 1.807) is 0 Å². The summed E-state index contributed by atoms with van der Waals surface area (Å²) in [5.41, 5.74) is 0. The molecule has 1 heterocycles. The molecular weight excluding hydrogens is 248 g/mol. The number of piperidine rings is 1. The number of nitrogens with one attached hydrogen (secondary N) is 1. The van der Waals surface area contributed by atoms with Gasteiger partial charge in [0.1, 0.15) is 0 Å². The summed E-state index contributed by atoms with van der Waals surface area (Å²) in [6.07, 6.45) is 9.87. The van der Waals surface area contributed by atoms with Gasteiger partial charge in [-0.05, 0) is 57.2 Å². The van der Waals surface area contributed by atoms with Gasteiger partial charge in [-0.2, -0.15) is 0 Å². The van der Waals surface area contributed by atoms with Crippen molar-refractivity contribution in [2.75, 3.05) is 39.9 Å². The van der Waals surface area contributed by atoms with Gasteiger partial charge in [0, 0.05) is 26.3 Å². The second-order valence-electron chi connectivity index (χ2n) is 6.76. The van der Waals surface area contributed by atoms with Crippen molar-refractivity contribution in [3.63, 3.8) is 0 Å². The second kappa shape index (κ2) is 9.01. The first-order valence-corrected chi connectivity index (χ1v) is 8.78. The average Bonchev–Trinajstić information content (AvgIpc) is 2.50. The van der Waals surface area contributed by atoms with Gasteiger partial charge in [-0.1, -0.05) is 26.2 Å². The third-order valence-electron chi connectivity index (χ3n) is 5.25. The lowest BCUT2D eigenvalue weighted by atomic mass is 9.83. The van der Waals surface area contributed by atoms with Crippen LogP contribution < -0.4 is 5.32 Å². The number of likely N-dealkylation sites (N-methyl/N-ethyl adjacent to an activating group) is 1. The number of rotatable bonds is 7. The summed E-state index contributed by atoms with van der Waals surface area (Å²) in [5, 5.41) is 3.77. The maximum Gasteiger partial charge on any atom is 0.0491 e. The normalized spacial score (nSPS) is 24.9. The van der Waals surface area contributed by atoms with Crippen molar-refractivity contribution in [2.24, 2.45) is 11.8 Å². The Balaban J connectivity index is 1.76. The molecule has 1 N–H and O–H groups in total. The lowest BCUT2D eigenvalue weighted by Crippen LogP contribution is -2.48. The average molecular weight is 282 g/mol. The van der Waals surface area contributed by atoms with Crippen molar-refractivity contribution in [3.05, 3.63) is 0 Å². The van der Waals surface area contributed by atoms with E-state index in [-0.39, 0.29) is 0 Å². The molecule has 0 aromatic rings. The third-order valence-corrected chi connectivity index (χ3v) is 5.25. The molecule has 0 amide bonds. The Bertz CT molecular complexity index is 245. The number of hydrogen-bond acceptors (Lipinski definition) is 3. The van der Waals surface area contributed by atoms with Crippen molar-refractivity contribution in [3.8, 4) is 0 Å². The molecule has 0 radical (unpaired) electrons. The molecule has 0 bridgehead atoms. The summed E-state index contributed by atoms with van der Waals surface area (Å²) in [7, 11) is 1.83. The van der Waals surface area contributed by atoms with Crippen molar-refractivity contribution in [1.29, 1.82) is 0 Å². The quantitative estimate of drug-likeness (QED) is 0.777. The van der Waals surface area contributed by atoms with Gasteiger partial charge in [-0.15, -0.1) is 0 Å². The van der Waals surface area contributed by atoms with Gasteiger partial charge < -0.3 is 15.0 Å². The number of nitrogens with zero attached hydrogens (tertiary/aromatic N) is 1. The minimum absolute atomic E-state index is 0.722. The first-order valence-electron chi connectivity index (χ1n) is 8.78.